The highest BCUT2D eigenvalue weighted by Crippen LogP contribution is 2.31. The Morgan fingerprint density at radius 1 is 0.857 bits per heavy atom. The van der Waals surface area contributed by atoms with E-state index < -0.39 is 0 Å². The summed E-state index contributed by atoms with van der Waals surface area (Å²) in [6.45, 7) is 0.829. The van der Waals surface area contributed by atoms with Gasteiger partial charge < -0.3 is 20.1 Å². The van der Waals surface area contributed by atoms with Crippen molar-refractivity contribution >= 4 is 23.0 Å². The third kappa shape index (κ3) is 5.99. The van der Waals surface area contributed by atoms with Gasteiger partial charge in [-0.2, -0.15) is 0 Å². The molecule has 0 aliphatic heterocycles. The Morgan fingerprint density at radius 2 is 1.54 bits per heavy atom. The minimum atomic E-state index is 0.617. The van der Waals surface area contributed by atoms with Gasteiger partial charge in [-0.3, -0.25) is 0 Å². The first kappa shape index (κ1) is 19.7. The lowest BCUT2D eigenvalue weighted by Crippen LogP contribution is -2.29. The van der Waals surface area contributed by atoms with Gasteiger partial charge in [-0.15, -0.1) is 0 Å². The number of methoxy groups -OCH3 is 1. The van der Waals surface area contributed by atoms with E-state index in [1.54, 1.807) is 7.11 Å². The molecule has 0 saturated heterocycles. The Labute approximate surface area is 171 Å². The largest absolute Gasteiger partial charge is 0.493 e. The van der Waals surface area contributed by atoms with Crippen LogP contribution in [0.3, 0.4) is 0 Å². The molecule has 3 aromatic carbocycles. The minimum Gasteiger partial charge on any atom is -0.493 e. The van der Waals surface area contributed by atoms with Crippen LogP contribution >= 0.6 is 12.2 Å². The van der Waals surface area contributed by atoms with Gasteiger partial charge in [-0.1, -0.05) is 42.5 Å². The van der Waals surface area contributed by atoms with Gasteiger partial charge in [0.05, 0.1) is 7.11 Å². The number of ether oxygens (including phenoxy) is 2. The molecule has 0 heterocycles. The molecule has 0 aromatic heterocycles. The fourth-order valence-corrected chi connectivity index (χ4v) is 2.97. The summed E-state index contributed by atoms with van der Waals surface area (Å²) in [5, 5.41) is 7.05. The van der Waals surface area contributed by atoms with Crippen LogP contribution < -0.4 is 20.1 Å². The molecule has 0 saturated carbocycles. The highest BCUT2D eigenvalue weighted by molar-refractivity contribution is 7.80. The lowest BCUT2D eigenvalue weighted by Gasteiger charge is -2.12. The lowest BCUT2D eigenvalue weighted by atomic mass is 10.1. The summed E-state index contributed by atoms with van der Waals surface area (Å²) in [4.78, 5) is 0. The summed E-state index contributed by atoms with van der Waals surface area (Å²) in [5.41, 5.74) is 2.25. The summed E-state index contributed by atoms with van der Waals surface area (Å²) < 4.78 is 11.2. The second-order valence-corrected chi connectivity index (χ2v) is 6.66. The molecule has 0 spiro atoms. The number of rotatable bonds is 8. The molecule has 5 heteroatoms. The lowest BCUT2D eigenvalue weighted by molar-refractivity contribution is 0.379. The molecule has 0 radical (unpaired) electrons. The van der Waals surface area contributed by atoms with Crippen molar-refractivity contribution in [2.75, 3.05) is 19.0 Å². The van der Waals surface area contributed by atoms with Crippen LogP contribution in [0.15, 0.2) is 78.9 Å². The fourth-order valence-electron chi connectivity index (χ4n) is 2.75. The molecule has 144 valence electrons. The number of hydrogen-bond acceptors (Lipinski definition) is 3. The highest BCUT2D eigenvalue weighted by Gasteiger charge is 2.05. The molecule has 0 aliphatic carbocycles. The van der Waals surface area contributed by atoms with Crippen molar-refractivity contribution in [1.29, 1.82) is 0 Å². The predicted octanol–water partition coefficient (Wildman–Crippen LogP) is 5.41. The molecule has 2 N–H and O–H groups in total. The van der Waals surface area contributed by atoms with E-state index in [0.717, 1.165) is 30.8 Å². The highest BCUT2D eigenvalue weighted by atomic mass is 32.1. The zero-order valence-electron chi connectivity index (χ0n) is 15.9. The van der Waals surface area contributed by atoms with Crippen molar-refractivity contribution in [3.8, 4) is 17.2 Å². The van der Waals surface area contributed by atoms with Crippen LogP contribution in [-0.2, 0) is 6.42 Å². The van der Waals surface area contributed by atoms with Crippen LogP contribution in [0.5, 0.6) is 17.2 Å². The average Bonchev–Trinajstić information content (AvgIpc) is 2.74. The Bertz CT molecular complexity index is 883. The quantitative estimate of drug-likeness (QED) is 0.396. The van der Waals surface area contributed by atoms with E-state index in [4.69, 9.17) is 21.7 Å². The Hall–Kier alpha value is -3.05. The summed E-state index contributed by atoms with van der Waals surface area (Å²) >= 11 is 5.37. The van der Waals surface area contributed by atoms with Crippen molar-refractivity contribution in [1.82, 2.24) is 5.32 Å². The Balaban J connectivity index is 1.44. The van der Waals surface area contributed by atoms with Crippen molar-refractivity contribution in [2.24, 2.45) is 0 Å². The van der Waals surface area contributed by atoms with Gasteiger partial charge in [0.2, 0.25) is 0 Å². The monoisotopic (exact) mass is 392 g/mol. The van der Waals surface area contributed by atoms with Crippen LogP contribution in [0.4, 0.5) is 5.69 Å². The molecule has 0 aliphatic rings. The maximum Gasteiger partial charge on any atom is 0.170 e. The van der Waals surface area contributed by atoms with E-state index >= 15 is 0 Å². The maximum absolute atomic E-state index is 5.88. The summed E-state index contributed by atoms with van der Waals surface area (Å²) in [6.07, 6.45) is 2.06. The zero-order valence-corrected chi connectivity index (χ0v) is 16.7. The first-order valence-electron chi connectivity index (χ1n) is 9.24. The third-order valence-electron chi connectivity index (χ3n) is 4.18. The first-order chi connectivity index (χ1) is 13.7. The number of hydrogen-bond donors (Lipinski definition) is 2. The van der Waals surface area contributed by atoms with Gasteiger partial charge in [0.25, 0.3) is 0 Å². The zero-order chi connectivity index (χ0) is 19.6. The van der Waals surface area contributed by atoms with Gasteiger partial charge in [0.1, 0.15) is 5.75 Å². The normalized spacial score (nSPS) is 10.2. The van der Waals surface area contributed by atoms with E-state index in [-0.39, 0.29) is 0 Å². The number of thiocarbonyl (C=S) groups is 1. The topological polar surface area (TPSA) is 42.5 Å². The van der Waals surface area contributed by atoms with E-state index in [1.165, 1.54) is 5.56 Å². The first-order valence-corrected chi connectivity index (χ1v) is 9.65. The molecule has 3 rings (SSSR count). The van der Waals surface area contributed by atoms with E-state index in [9.17, 15) is 0 Å². The molecule has 0 bridgehead atoms. The molecule has 0 fully saturated rings. The number of nitrogens with one attached hydrogen (secondary N) is 2. The number of anilines is 1. The number of para-hydroxylation sites is 2. The molecule has 3 aromatic rings. The third-order valence-corrected chi connectivity index (χ3v) is 4.43. The average molecular weight is 393 g/mol. The van der Waals surface area contributed by atoms with E-state index in [1.807, 2.05) is 54.6 Å². The second kappa shape index (κ2) is 10.3. The molecule has 28 heavy (non-hydrogen) atoms. The molecular formula is C23H24N2O2S. The summed E-state index contributed by atoms with van der Waals surface area (Å²) in [7, 11) is 1.63. The van der Waals surface area contributed by atoms with Crippen molar-refractivity contribution in [3.05, 3.63) is 84.4 Å². The van der Waals surface area contributed by atoms with Crippen LogP contribution in [0.1, 0.15) is 12.0 Å². The van der Waals surface area contributed by atoms with Crippen LogP contribution in [0.2, 0.25) is 0 Å². The Kier molecular flexibility index (Phi) is 7.27. The smallest absolute Gasteiger partial charge is 0.170 e. The van der Waals surface area contributed by atoms with Crippen molar-refractivity contribution in [2.45, 2.75) is 12.8 Å². The van der Waals surface area contributed by atoms with E-state index in [0.29, 0.717) is 16.6 Å². The van der Waals surface area contributed by atoms with E-state index in [2.05, 4.69) is 34.9 Å². The molecule has 0 atom stereocenters. The minimum absolute atomic E-state index is 0.617. The van der Waals surface area contributed by atoms with Crippen molar-refractivity contribution in [3.63, 3.8) is 0 Å². The van der Waals surface area contributed by atoms with Crippen LogP contribution in [0.25, 0.3) is 0 Å². The molecule has 0 unspecified atom stereocenters. The van der Waals surface area contributed by atoms with Crippen LogP contribution in [-0.4, -0.2) is 18.8 Å². The number of aryl methyl sites for hydroxylation is 1. The number of benzene rings is 3. The molecular weight excluding hydrogens is 368 g/mol. The molecule has 4 nitrogen and oxygen atoms in total. The predicted molar refractivity (Wildman–Crippen MR) is 118 cm³/mol. The Morgan fingerprint density at radius 3 is 2.25 bits per heavy atom. The standard InChI is InChI=1S/C23H24N2O2S/c1-26-21-11-5-6-12-22(21)27-20-15-13-19(14-16-20)25-23(28)24-17-7-10-18-8-3-2-4-9-18/h2-6,8-9,11-16H,7,10,17H2,1H3,(H2,24,25,28). The van der Waals surface area contributed by atoms with Crippen LogP contribution in [0, 0.1) is 0 Å². The van der Waals surface area contributed by atoms with Gasteiger partial charge in [-0.25, -0.2) is 0 Å². The molecule has 0 amide bonds. The maximum atomic E-state index is 5.88. The van der Waals surface area contributed by atoms with Crippen molar-refractivity contribution < 1.29 is 9.47 Å². The SMILES string of the molecule is COc1ccccc1Oc1ccc(NC(=S)NCCCc2ccccc2)cc1. The fraction of sp³-hybridized carbons (Fsp3) is 0.174. The van der Waals surface area contributed by atoms with Gasteiger partial charge >= 0.3 is 0 Å². The summed E-state index contributed by atoms with van der Waals surface area (Å²) in [6, 6.07) is 25.7. The summed E-state index contributed by atoms with van der Waals surface area (Å²) in [5.74, 6) is 2.11. The van der Waals surface area contributed by atoms with Gasteiger partial charge in [0.15, 0.2) is 16.6 Å². The second-order valence-electron chi connectivity index (χ2n) is 6.25. The van der Waals surface area contributed by atoms with Gasteiger partial charge in [-0.05, 0) is 67.0 Å². The van der Waals surface area contributed by atoms with Gasteiger partial charge in [0, 0.05) is 12.2 Å².